The Balaban J connectivity index is 2.37. The van der Waals surface area contributed by atoms with Crippen molar-refractivity contribution in [1.29, 1.82) is 5.26 Å². The molecule has 0 spiro atoms. The molecule has 0 aromatic heterocycles. The van der Waals surface area contributed by atoms with Crippen LogP contribution in [0.1, 0.15) is 56.2 Å². The minimum Gasteiger partial charge on any atom is -0.507 e. The van der Waals surface area contributed by atoms with Crippen molar-refractivity contribution in [1.82, 2.24) is 0 Å². The Labute approximate surface area is 166 Å². The third-order valence-electron chi connectivity index (χ3n) is 4.46. The lowest BCUT2D eigenvalue weighted by molar-refractivity contribution is -0.112. The van der Waals surface area contributed by atoms with Crippen molar-refractivity contribution in [2.24, 2.45) is 0 Å². The number of anilines is 1. The lowest BCUT2D eigenvalue weighted by Gasteiger charge is -2.16. The standard InChI is InChI=1S/C23H26N2O3/c1-14(2)20-11-16(12-21(15(3)4)22(20)26)10-17(13-24)23(27)25-18-6-8-19(28-5)9-7-18/h6-12,14-15,26H,1-5H3,(H,25,27)/b17-10+. The Kier molecular flexibility index (Phi) is 6.84. The maximum Gasteiger partial charge on any atom is 0.266 e. The van der Waals surface area contributed by atoms with E-state index in [1.54, 1.807) is 37.5 Å². The second-order valence-electron chi connectivity index (χ2n) is 7.21. The van der Waals surface area contributed by atoms with Crippen molar-refractivity contribution in [3.05, 3.63) is 58.7 Å². The third-order valence-corrected chi connectivity index (χ3v) is 4.46. The van der Waals surface area contributed by atoms with E-state index in [4.69, 9.17) is 4.74 Å². The van der Waals surface area contributed by atoms with Crippen molar-refractivity contribution in [3.63, 3.8) is 0 Å². The summed E-state index contributed by atoms with van der Waals surface area (Å²) in [4.78, 5) is 12.5. The van der Waals surface area contributed by atoms with Crippen LogP contribution in [-0.2, 0) is 4.79 Å². The number of rotatable bonds is 6. The molecule has 2 aromatic carbocycles. The van der Waals surface area contributed by atoms with E-state index in [0.717, 1.165) is 11.1 Å². The number of aromatic hydroxyl groups is 1. The Morgan fingerprint density at radius 1 is 1.11 bits per heavy atom. The van der Waals surface area contributed by atoms with Gasteiger partial charge >= 0.3 is 0 Å². The number of nitrogens with one attached hydrogen (secondary N) is 1. The number of amides is 1. The molecule has 5 nitrogen and oxygen atoms in total. The minimum atomic E-state index is -0.488. The zero-order chi connectivity index (χ0) is 20.8. The van der Waals surface area contributed by atoms with E-state index >= 15 is 0 Å². The predicted octanol–water partition coefficient (Wildman–Crippen LogP) is 5.19. The first kappa shape index (κ1) is 21.0. The van der Waals surface area contributed by atoms with Crippen LogP contribution in [0.4, 0.5) is 5.69 Å². The smallest absolute Gasteiger partial charge is 0.266 e. The number of phenolic OH excluding ortho intramolecular Hbond substituents is 1. The van der Waals surface area contributed by atoms with Gasteiger partial charge in [0.1, 0.15) is 23.1 Å². The highest BCUT2D eigenvalue weighted by Crippen LogP contribution is 2.35. The van der Waals surface area contributed by atoms with E-state index in [1.807, 2.05) is 45.9 Å². The van der Waals surface area contributed by atoms with Crippen LogP contribution in [0.25, 0.3) is 6.08 Å². The Hall–Kier alpha value is -3.26. The fourth-order valence-electron chi connectivity index (χ4n) is 2.86. The van der Waals surface area contributed by atoms with Crippen LogP contribution in [0, 0.1) is 11.3 Å². The average Bonchev–Trinajstić information content (AvgIpc) is 2.67. The fourth-order valence-corrected chi connectivity index (χ4v) is 2.86. The quantitative estimate of drug-likeness (QED) is 0.535. The summed E-state index contributed by atoms with van der Waals surface area (Å²) < 4.78 is 5.10. The molecule has 0 atom stereocenters. The number of methoxy groups -OCH3 is 1. The van der Waals surface area contributed by atoms with Crippen LogP contribution in [0.5, 0.6) is 11.5 Å². The molecule has 0 aliphatic rings. The van der Waals surface area contributed by atoms with Gasteiger partial charge in [-0.05, 0) is 71.0 Å². The van der Waals surface area contributed by atoms with Crippen LogP contribution in [0.2, 0.25) is 0 Å². The van der Waals surface area contributed by atoms with E-state index in [9.17, 15) is 15.2 Å². The van der Waals surface area contributed by atoms with E-state index in [2.05, 4.69) is 5.32 Å². The number of nitrogens with zero attached hydrogens (tertiary/aromatic N) is 1. The zero-order valence-electron chi connectivity index (χ0n) is 16.9. The van der Waals surface area contributed by atoms with E-state index < -0.39 is 5.91 Å². The molecule has 0 radical (unpaired) electrons. The number of phenols is 1. The molecule has 0 fully saturated rings. The Bertz CT molecular complexity index is 891. The van der Waals surface area contributed by atoms with E-state index in [-0.39, 0.29) is 23.2 Å². The molecule has 0 saturated heterocycles. The lowest BCUT2D eigenvalue weighted by Crippen LogP contribution is -2.13. The molecule has 0 aliphatic heterocycles. The van der Waals surface area contributed by atoms with Crippen molar-refractivity contribution in [3.8, 4) is 17.6 Å². The average molecular weight is 378 g/mol. The summed E-state index contributed by atoms with van der Waals surface area (Å²) in [7, 11) is 1.57. The van der Waals surface area contributed by atoms with Gasteiger partial charge in [-0.25, -0.2) is 0 Å². The van der Waals surface area contributed by atoms with Crippen molar-refractivity contribution in [2.45, 2.75) is 39.5 Å². The second-order valence-corrected chi connectivity index (χ2v) is 7.21. The molecule has 2 N–H and O–H groups in total. The first-order valence-corrected chi connectivity index (χ1v) is 9.20. The normalized spacial score (nSPS) is 11.4. The number of hydrogen-bond donors (Lipinski definition) is 2. The van der Waals surface area contributed by atoms with Crippen LogP contribution in [0.15, 0.2) is 42.0 Å². The molecular weight excluding hydrogens is 352 g/mol. The Morgan fingerprint density at radius 2 is 1.64 bits per heavy atom. The first-order chi connectivity index (χ1) is 13.3. The fraction of sp³-hybridized carbons (Fsp3) is 0.304. The summed E-state index contributed by atoms with van der Waals surface area (Å²) in [5.41, 5.74) is 2.87. The van der Waals surface area contributed by atoms with Gasteiger partial charge in [0.2, 0.25) is 0 Å². The minimum absolute atomic E-state index is 0.00841. The summed E-state index contributed by atoms with van der Waals surface area (Å²) in [6.07, 6.45) is 1.55. The van der Waals surface area contributed by atoms with Gasteiger partial charge in [0.25, 0.3) is 5.91 Å². The van der Waals surface area contributed by atoms with Crippen LogP contribution in [0.3, 0.4) is 0 Å². The predicted molar refractivity (Wildman–Crippen MR) is 111 cm³/mol. The number of carbonyl (C=O) groups excluding carboxylic acids is 1. The van der Waals surface area contributed by atoms with Gasteiger partial charge in [-0.1, -0.05) is 27.7 Å². The van der Waals surface area contributed by atoms with Gasteiger partial charge in [-0.15, -0.1) is 0 Å². The second kappa shape index (κ2) is 9.09. The number of hydrogen-bond acceptors (Lipinski definition) is 4. The zero-order valence-corrected chi connectivity index (χ0v) is 16.9. The van der Waals surface area contributed by atoms with E-state index in [0.29, 0.717) is 17.0 Å². The largest absolute Gasteiger partial charge is 0.507 e. The molecule has 146 valence electrons. The molecule has 2 rings (SSSR count). The highest BCUT2D eigenvalue weighted by molar-refractivity contribution is 6.09. The van der Waals surface area contributed by atoms with Gasteiger partial charge in [-0.3, -0.25) is 4.79 Å². The number of ether oxygens (including phenoxy) is 1. The molecule has 0 heterocycles. The maximum atomic E-state index is 12.5. The van der Waals surface area contributed by atoms with Gasteiger partial charge in [0, 0.05) is 5.69 Å². The molecule has 5 heteroatoms. The van der Waals surface area contributed by atoms with Crippen molar-refractivity contribution < 1.29 is 14.6 Å². The number of nitriles is 1. The van der Waals surface area contributed by atoms with Gasteiger partial charge in [-0.2, -0.15) is 5.26 Å². The summed E-state index contributed by atoms with van der Waals surface area (Å²) in [5.74, 6) is 0.705. The van der Waals surface area contributed by atoms with Crippen molar-refractivity contribution >= 4 is 17.7 Å². The Morgan fingerprint density at radius 3 is 2.07 bits per heavy atom. The lowest BCUT2D eigenvalue weighted by atomic mass is 9.91. The summed E-state index contributed by atoms with van der Waals surface area (Å²) in [5, 5.41) is 22.7. The number of carbonyl (C=O) groups is 1. The maximum absolute atomic E-state index is 12.5. The summed E-state index contributed by atoms with van der Waals surface area (Å²) in [6, 6.07) is 12.5. The summed E-state index contributed by atoms with van der Waals surface area (Å²) in [6.45, 7) is 7.98. The molecule has 0 unspecified atom stereocenters. The van der Waals surface area contributed by atoms with Crippen LogP contribution in [-0.4, -0.2) is 18.1 Å². The van der Waals surface area contributed by atoms with Gasteiger partial charge in [0.05, 0.1) is 7.11 Å². The van der Waals surface area contributed by atoms with Crippen LogP contribution >= 0.6 is 0 Å². The molecule has 0 saturated carbocycles. The summed E-state index contributed by atoms with van der Waals surface area (Å²) >= 11 is 0. The van der Waals surface area contributed by atoms with Gasteiger partial charge in [0.15, 0.2) is 0 Å². The molecule has 28 heavy (non-hydrogen) atoms. The van der Waals surface area contributed by atoms with Crippen LogP contribution < -0.4 is 10.1 Å². The number of benzene rings is 2. The molecule has 2 aromatic rings. The van der Waals surface area contributed by atoms with Gasteiger partial charge < -0.3 is 15.2 Å². The first-order valence-electron chi connectivity index (χ1n) is 9.20. The molecule has 0 bridgehead atoms. The highest BCUT2D eigenvalue weighted by Gasteiger charge is 2.16. The molecule has 1 amide bonds. The molecular formula is C23H26N2O3. The topological polar surface area (TPSA) is 82.3 Å². The SMILES string of the molecule is COc1ccc(NC(=O)/C(C#N)=C/c2cc(C(C)C)c(O)c(C(C)C)c2)cc1. The van der Waals surface area contributed by atoms with E-state index in [1.165, 1.54) is 0 Å². The third kappa shape index (κ3) is 4.92. The molecule has 0 aliphatic carbocycles. The highest BCUT2D eigenvalue weighted by atomic mass is 16.5. The van der Waals surface area contributed by atoms with Crippen molar-refractivity contribution in [2.75, 3.05) is 12.4 Å². The monoisotopic (exact) mass is 378 g/mol.